The number of rotatable bonds is 7. The maximum Gasteiger partial charge on any atom is 0.424 e. The van der Waals surface area contributed by atoms with Crippen molar-refractivity contribution in [2.45, 2.75) is 48.9 Å². The fourth-order valence-corrected chi connectivity index (χ4v) is 6.78. The third-order valence-corrected chi connectivity index (χ3v) is 9.63. The zero-order valence-electron chi connectivity index (χ0n) is 21.1. The molecule has 0 spiro atoms. The number of benzene rings is 1. The lowest BCUT2D eigenvalue weighted by atomic mass is 10.1. The Morgan fingerprint density at radius 1 is 1.18 bits per heavy atom. The molecule has 1 fully saturated rings. The number of ether oxygens (including phenoxy) is 1. The second kappa shape index (κ2) is 9.44. The van der Waals surface area contributed by atoms with Crippen LogP contribution < -0.4 is 16.6 Å². The number of hydrogen-bond donors (Lipinski definition) is 1. The fraction of sp³-hybridized carbons (Fsp3) is 0.320. The Balaban J connectivity index is 1.43. The lowest BCUT2D eigenvalue weighted by Gasteiger charge is -2.12. The van der Waals surface area contributed by atoms with Gasteiger partial charge in [0.25, 0.3) is 5.56 Å². The van der Waals surface area contributed by atoms with Gasteiger partial charge in [0.05, 0.1) is 44.0 Å². The summed E-state index contributed by atoms with van der Waals surface area (Å²) in [5.74, 6) is 0. The average molecular weight is 583 g/mol. The van der Waals surface area contributed by atoms with Crippen molar-refractivity contribution in [3.8, 4) is 6.07 Å². The molecule has 15 heteroatoms. The Kier molecular flexibility index (Phi) is 6.13. The van der Waals surface area contributed by atoms with Crippen molar-refractivity contribution in [3.63, 3.8) is 0 Å². The topological polar surface area (TPSA) is 167 Å². The van der Waals surface area contributed by atoms with Gasteiger partial charge in [0.2, 0.25) is 0 Å². The Labute approximate surface area is 230 Å². The predicted molar refractivity (Wildman–Crippen MR) is 141 cm³/mol. The summed E-state index contributed by atoms with van der Waals surface area (Å²) in [6, 6.07) is 8.70. The highest BCUT2D eigenvalue weighted by Gasteiger charge is 2.46. The summed E-state index contributed by atoms with van der Waals surface area (Å²) in [4.78, 5) is 39.5. The first-order valence-electron chi connectivity index (χ1n) is 12.2. The first-order valence-corrected chi connectivity index (χ1v) is 14.4. The molecule has 206 valence electrons. The van der Waals surface area contributed by atoms with E-state index in [-0.39, 0.29) is 23.3 Å². The molecule has 4 aromatic rings. The van der Waals surface area contributed by atoms with Gasteiger partial charge in [-0.25, -0.2) is 9.59 Å². The number of nitriles is 1. The van der Waals surface area contributed by atoms with E-state index in [1.807, 2.05) is 24.3 Å². The molecule has 40 heavy (non-hydrogen) atoms. The van der Waals surface area contributed by atoms with Crippen LogP contribution in [0.1, 0.15) is 35.1 Å². The van der Waals surface area contributed by atoms with Crippen molar-refractivity contribution in [1.82, 2.24) is 24.2 Å². The van der Waals surface area contributed by atoms with Crippen molar-refractivity contribution >= 4 is 37.8 Å². The fourth-order valence-electron chi connectivity index (χ4n) is 4.57. The molecule has 0 radical (unpaired) electrons. The van der Waals surface area contributed by atoms with E-state index in [9.17, 15) is 22.8 Å². The molecule has 1 saturated carbocycles. The molecule has 1 aliphatic heterocycles. The quantitative estimate of drug-likeness (QED) is 0.318. The summed E-state index contributed by atoms with van der Waals surface area (Å²) in [5, 5.41) is 15.5. The lowest BCUT2D eigenvalue weighted by molar-refractivity contribution is 0.134. The van der Waals surface area contributed by atoms with E-state index in [0.717, 1.165) is 27.3 Å². The largest absolute Gasteiger partial charge is 0.424 e. The van der Waals surface area contributed by atoms with Crippen molar-refractivity contribution in [2.75, 3.05) is 0 Å². The Morgan fingerprint density at radius 3 is 2.62 bits per heavy atom. The SMILES string of the molecule is Cn1cc(Cn2c(=O)c3cc(S(=O)(=O)OC(=O)NC4(C#N)CC4)sc3n(Cc3ccc4c(c3)COC4)c2=O)cn1. The Morgan fingerprint density at radius 2 is 1.93 bits per heavy atom. The smallest absolute Gasteiger partial charge is 0.372 e. The Hall–Kier alpha value is -4.26. The third-order valence-electron chi connectivity index (χ3n) is 6.84. The van der Waals surface area contributed by atoms with Gasteiger partial charge >= 0.3 is 21.9 Å². The highest BCUT2D eigenvalue weighted by Crippen LogP contribution is 2.35. The van der Waals surface area contributed by atoms with Gasteiger partial charge in [-0.15, -0.1) is 11.3 Å². The first-order chi connectivity index (χ1) is 19.1. The minimum atomic E-state index is -4.67. The van der Waals surface area contributed by atoms with E-state index in [2.05, 4.69) is 10.4 Å². The summed E-state index contributed by atoms with van der Waals surface area (Å²) >= 11 is 0.655. The molecule has 1 aliphatic carbocycles. The summed E-state index contributed by atoms with van der Waals surface area (Å²) in [6.07, 6.45) is 2.69. The lowest BCUT2D eigenvalue weighted by Crippen LogP contribution is -2.40. The van der Waals surface area contributed by atoms with Crippen LogP contribution >= 0.6 is 11.3 Å². The van der Waals surface area contributed by atoms with Crippen LogP contribution in [0.2, 0.25) is 0 Å². The number of fused-ring (bicyclic) bond motifs is 2. The van der Waals surface area contributed by atoms with Gasteiger partial charge in [-0.1, -0.05) is 18.2 Å². The molecule has 4 heterocycles. The van der Waals surface area contributed by atoms with Gasteiger partial charge in [0.1, 0.15) is 10.4 Å². The van der Waals surface area contributed by atoms with Crippen LogP contribution in [0.4, 0.5) is 4.79 Å². The van der Waals surface area contributed by atoms with Crippen molar-refractivity contribution < 1.29 is 22.1 Å². The van der Waals surface area contributed by atoms with E-state index >= 15 is 0 Å². The van der Waals surface area contributed by atoms with Gasteiger partial charge < -0.3 is 14.2 Å². The second-order valence-electron chi connectivity index (χ2n) is 9.81. The maximum absolute atomic E-state index is 13.7. The van der Waals surface area contributed by atoms with Crippen LogP contribution in [0.15, 0.2) is 50.5 Å². The number of carbonyl (C=O) groups excluding carboxylic acids is 1. The number of hydrogen-bond acceptors (Lipinski definition) is 10. The number of amides is 1. The number of carbonyl (C=O) groups is 1. The molecule has 2 aliphatic rings. The van der Waals surface area contributed by atoms with E-state index in [1.165, 1.54) is 10.8 Å². The zero-order valence-corrected chi connectivity index (χ0v) is 22.8. The van der Waals surface area contributed by atoms with Crippen LogP contribution in [-0.2, 0) is 52.4 Å². The minimum absolute atomic E-state index is 0.0174. The summed E-state index contributed by atoms with van der Waals surface area (Å²) in [6.45, 7) is 0.932. The molecular weight excluding hydrogens is 560 g/mol. The summed E-state index contributed by atoms with van der Waals surface area (Å²) < 4.78 is 39.7. The number of nitrogens with one attached hydrogen (secondary N) is 1. The molecule has 1 amide bonds. The van der Waals surface area contributed by atoms with E-state index in [1.54, 1.807) is 17.9 Å². The molecule has 1 aromatic carbocycles. The molecule has 3 aromatic heterocycles. The van der Waals surface area contributed by atoms with Crippen LogP contribution in [0, 0.1) is 11.3 Å². The molecule has 0 saturated heterocycles. The molecular formula is C25H22N6O7S2. The zero-order chi connectivity index (χ0) is 28.2. The van der Waals surface area contributed by atoms with Gasteiger partial charge in [-0.05, 0) is 35.6 Å². The summed E-state index contributed by atoms with van der Waals surface area (Å²) in [5.41, 5.74) is 0.958. The van der Waals surface area contributed by atoms with Crippen molar-refractivity contribution in [1.29, 1.82) is 5.26 Å². The minimum Gasteiger partial charge on any atom is -0.372 e. The van der Waals surface area contributed by atoms with Crippen LogP contribution in [0.5, 0.6) is 0 Å². The van der Waals surface area contributed by atoms with Gasteiger partial charge in [-0.2, -0.15) is 18.8 Å². The molecule has 6 rings (SSSR count). The maximum atomic E-state index is 13.7. The number of thiophene rings is 1. The molecule has 13 nitrogen and oxygen atoms in total. The number of aryl methyl sites for hydroxylation is 1. The van der Waals surface area contributed by atoms with Crippen molar-refractivity contribution in [3.05, 3.63) is 79.8 Å². The normalized spacial score (nSPS) is 15.5. The summed E-state index contributed by atoms with van der Waals surface area (Å²) in [7, 11) is -2.96. The van der Waals surface area contributed by atoms with Crippen LogP contribution in [0.25, 0.3) is 10.2 Å². The highest BCUT2D eigenvalue weighted by atomic mass is 32.3. The van der Waals surface area contributed by atoms with Gasteiger partial charge in [-0.3, -0.25) is 18.6 Å². The molecule has 0 bridgehead atoms. The predicted octanol–water partition coefficient (Wildman–Crippen LogP) is 1.56. The van der Waals surface area contributed by atoms with Crippen LogP contribution in [0.3, 0.4) is 0 Å². The standard InChI is InChI=1S/C25H22N6O7S2/c1-29-9-16(8-27-29)11-30-21(32)19-7-20(40(35,36)38-23(33)28-25(14-26)4-5-25)39-22(19)31(24(30)34)10-15-2-3-17-12-37-13-18(17)6-15/h2-3,6-9H,4-5,10-13H2,1H3,(H,28,33). The average Bonchev–Trinajstić information content (AvgIpc) is 3.26. The molecule has 0 atom stereocenters. The Bertz CT molecular complexity index is 1960. The van der Waals surface area contributed by atoms with Gasteiger partial charge in [0, 0.05) is 18.8 Å². The van der Waals surface area contributed by atoms with Gasteiger partial charge in [0.15, 0.2) is 4.21 Å². The molecule has 0 unspecified atom stereocenters. The molecule has 1 N–H and O–H groups in total. The second-order valence-corrected chi connectivity index (χ2v) is 12.6. The van der Waals surface area contributed by atoms with E-state index in [0.29, 0.717) is 43.0 Å². The van der Waals surface area contributed by atoms with E-state index < -0.39 is 37.2 Å². The van der Waals surface area contributed by atoms with Crippen LogP contribution in [-0.4, -0.2) is 39.0 Å². The number of aromatic nitrogens is 4. The van der Waals surface area contributed by atoms with Crippen molar-refractivity contribution in [2.24, 2.45) is 7.05 Å². The third kappa shape index (κ3) is 4.70. The monoisotopic (exact) mass is 582 g/mol. The first kappa shape index (κ1) is 26.0. The van der Waals surface area contributed by atoms with E-state index in [4.69, 9.17) is 14.2 Å². The number of nitrogens with zero attached hydrogens (tertiary/aromatic N) is 5. The highest BCUT2D eigenvalue weighted by molar-refractivity contribution is 7.89.